The molecule has 8 heteroatoms. The number of hydrogen-bond acceptors (Lipinski definition) is 5. The summed E-state index contributed by atoms with van der Waals surface area (Å²) < 4.78 is 13.2. The third kappa shape index (κ3) is 2.41. The minimum absolute atomic E-state index is 0.0170. The van der Waals surface area contributed by atoms with Crippen molar-refractivity contribution < 1.29 is 23.9 Å². The fraction of sp³-hybridized carbons (Fsp3) is 0.318. The van der Waals surface area contributed by atoms with Crippen LogP contribution in [0.3, 0.4) is 0 Å². The zero-order valence-corrected chi connectivity index (χ0v) is 16.1. The van der Waals surface area contributed by atoms with E-state index in [-0.39, 0.29) is 6.54 Å². The number of amides is 3. The molecule has 2 aromatic carbocycles. The Labute approximate surface area is 171 Å². The van der Waals surface area contributed by atoms with Gasteiger partial charge >= 0.3 is 0 Å². The molecular formula is C22H20FN3O4. The maximum atomic E-state index is 13.5. The Bertz CT molecular complexity index is 1070. The van der Waals surface area contributed by atoms with Crippen LogP contribution >= 0.6 is 0 Å². The molecule has 0 saturated carbocycles. The number of rotatable bonds is 3. The van der Waals surface area contributed by atoms with E-state index in [1.165, 1.54) is 31.2 Å². The monoisotopic (exact) mass is 409 g/mol. The van der Waals surface area contributed by atoms with Gasteiger partial charge < -0.3 is 10.4 Å². The first kappa shape index (κ1) is 18.9. The van der Waals surface area contributed by atoms with Crippen LogP contribution in [0.1, 0.15) is 18.1 Å². The molecule has 0 unspecified atom stereocenters. The lowest BCUT2D eigenvalue weighted by Gasteiger charge is -2.30. The van der Waals surface area contributed by atoms with Crippen molar-refractivity contribution in [1.29, 1.82) is 0 Å². The molecule has 154 valence electrons. The highest BCUT2D eigenvalue weighted by Gasteiger charge is 2.70. The van der Waals surface area contributed by atoms with E-state index in [0.29, 0.717) is 16.8 Å². The van der Waals surface area contributed by atoms with Crippen LogP contribution in [0.5, 0.6) is 0 Å². The third-order valence-electron chi connectivity index (χ3n) is 6.42. The van der Waals surface area contributed by atoms with Gasteiger partial charge in [0.25, 0.3) is 0 Å². The molecule has 3 N–H and O–H groups in total. The van der Waals surface area contributed by atoms with Crippen molar-refractivity contribution in [3.8, 4) is 0 Å². The molecule has 2 aromatic rings. The van der Waals surface area contributed by atoms with Crippen LogP contribution in [0.25, 0.3) is 0 Å². The van der Waals surface area contributed by atoms with Crippen LogP contribution in [-0.4, -0.2) is 39.9 Å². The number of carbonyl (C=O) groups is 3. The lowest BCUT2D eigenvalue weighted by molar-refractivity contribution is -0.143. The average molecular weight is 409 g/mol. The van der Waals surface area contributed by atoms with Crippen molar-refractivity contribution in [2.24, 2.45) is 11.8 Å². The molecule has 0 aromatic heterocycles. The number of imide groups is 1. The number of halogens is 1. The summed E-state index contributed by atoms with van der Waals surface area (Å²) in [6.45, 7) is 1.52. The van der Waals surface area contributed by atoms with Gasteiger partial charge in [0.1, 0.15) is 11.4 Å². The van der Waals surface area contributed by atoms with Gasteiger partial charge in [-0.15, -0.1) is 0 Å². The Kier molecular flexibility index (Phi) is 4.06. The van der Waals surface area contributed by atoms with Gasteiger partial charge in [0, 0.05) is 17.3 Å². The van der Waals surface area contributed by atoms with Crippen molar-refractivity contribution in [3.63, 3.8) is 0 Å². The smallest absolute Gasteiger partial charge is 0.250 e. The summed E-state index contributed by atoms with van der Waals surface area (Å²) >= 11 is 0. The normalized spacial score (nSPS) is 30.6. The van der Waals surface area contributed by atoms with Gasteiger partial charge in [0.2, 0.25) is 17.7 Å². The maximum Gasteiger partial charge on any atom is 0.250 e. The third-order valence-corrected chi connectivity index (χ3v) is 6.42. The Morgan fingerprint density at radius 1 is 1.10 bits per heavy atom. The molecule has 3 amide bonds. The molecule has 3 aliphatic heterocycles. The number of aliphatic hydroxyl groups excluding tert-OH is 1. The van der Waals surface area contributed by atoms with Crippen molar-refractivity contribution in [3.05, 3.63) is 65.5 Å². The molecule has 7 nitrogen and oxygen atoms in total. The molecule has 5 atom stereocenters. The summed E-state index contributed by atoms with van der Waals surface area (Å²) in [6.07, 6.45) is -0.958. The van der Waals surface area contributed by atoms with Gasteiger partial charge in [-0.3, -0.25) is 24.6 Å². The number of para-hydroxylation sites is 1. The zero-order chi connectivity index (χ0) is 21.2. The predicted octanol–water partition coefficient (Wildman–Crippen LogP) is 1.13. The SMILES string of the molecule is C[C@@H](O)[C@H]1N[C@]2(C(=O)Nc3ccccc32)[C@H]2C(=O)N(Cc3ccc(F)cc3)C(=O)[C@H]12. The van der Waals surface area contributed by atoms with E-state index >= 15 is 0 Å². The van der Waals surface area contributed by atoms with Gasteiger partial charge in [-0.2, -0.15) is 0 Å². The zero-order valence-electron chi connectivity index (χ0n) is 16.1. The molecule has 30 heavy (non-hydrogen) atoms. The van der Waals surface area contributed by atoms with E-state index in [2.05, 4.69) is 10.6 Å². The standard InChI is InChI=1S/C22H20FN3O4/c1-11(27)18-16-17(22(25-18)14-4-2-3-5-15(14)24-21(22)30)20(29)26(19(16)28)10-12-6-8-13(23)9-7-12/h2-9,11,16-18,25,27H,10H2,1H3,(H,24,30)/t11-,16+,17-,18-,22+/m1/s1. The second kappa shape index (κ2) is 6.45. The minimum atomic E-state index is -1.42. The van der Waals surface area contributed by atoms with Gasteiger partial charge in [-0.1, -0.05) is 30.3 Å². The highest BCUT2D eigenvalue weighted by atomic mass is 19.1. The number of likely N-dealkylation sites (tertiary alicyclic amines) is 1. The predicted molar refractivity (Wildman–Crippen MR) is 104 cm³/mol. The summed E-state index contributed by atoms with van der Waals surface area (Å²) in [5, 5.41) is 16.3. The first-order valence-corrected chi connectivity index (χ1v) is 9.81. The van der Waals surface area contributed by atoms with Crippen molar-refractivity contribution in [1.82, 2.24) is 10.2 Å². The van der Waals surface area contributed by atoms with Crippen LogP contribution in [0.4, 0.5) is 10.1 Å². The molecule has 2 saturated heterocycles. The minimum Gasteiger partial charge on any atom is -0.392 e. The van der Waals surface area contributed by atoms with Crippen LogP contribution < -0.4 is 10.6 Å². The van der Waals surface area contributed by atoms with Crippen molar-refractivity contribution in [2.45, 2.75) is 31.2 Å². The van der Waals surface area contributed by atoms with Crippen LogP contribution in [0, 0.1) is 17.7 Å². The number of fused-ring (bicyclic) bond motifs is 4. The Hall–Kier alpha value is -3.10. The second-order valence-electron chi connectivity index (χ2n) is 8.11. The van der Waals surface area contributed by atoms with E-state index < -0.39 is 53.1 Å². The molecule has 0 bridgehead atoms. The molecule has 0 radical (unpaired) electrons. The van der Waals surface area contributed by atoms with E-state index in [0.717, 1.165) is 4.90 Å². The van der Waals surface area contributed by atoms with Crippen LogP contribution in [-0.2, 0) is 26.5 Å². The number of aliphatic hydroxyl groups is 1. The van der Waals surface area contributed by atoms with E-state index in [9.17, 15) is 23.9 Å². The Morgan fingerprint density at radius 2 is 1.80 bits per heavy atom. The Morgan fingerprint density at radius 3 is 2.50 bits per heavy atom. The molecule has 0 aliphatic carbocycles. The van der Waals surface area contributed by atoms with Gasteiger partial charge in [-0.25, -0.2) is 4.39 Å². The van der Waals surface area contributed by atoms with Gasteiger partial charge in [-0.05, 0) is 30.7 Å². The number of hydrogen-bond donors (Lipinski definition) is 3. The largest absolute Gasteiger partial charge is 0.392 e. The van der Waals surface area contributed by atoms with E-state index in [1.54, 1.807) is 24.3 Å². The average Bonchev–Trinajstić information content (AvgIpc) is 3.31. The number of nitrogens with zero attached hydrogens (tertiary/aromatic N) is 1. The lowest BCUT2D eigenvalue weighted by Crippen LogP contribution is -2.54. The highest BCUT2D eigenvalue weighted by molar-refractivity contribution is 6.15. The molecule has 3 aliphatic rings. The quantitative estimate of drug-likeness (QED) is 0.660. The summed E-state index contributed by atoms with van der Waals surface area (Å²) in [6, 6.07) is 11.8. The van der Waals surface area contributed by atoms with Crippen LogP contribution in [0.2, 0.25) is 0 Å². The molecule has 1 spiro atoms. The van der Waals surface area contributed by atoms with Crippen molar-refractivity contribution >= 4 is 23.4 Å². The van der Waals surface area contributed by atoms with Crippen LogP contribution in [0.15, 0.2) is 48.5 Å². The number of benzene rings is 2. The fourth-order valence-electron chi connectivity index (χ4n) is 5.09. The number of nitrogens with one attached hydrogen (secondary N) is 2. The molecule has 2 fully saturated rings. The summed E-state index contributed by atoms with van der Waals surface area (Å²) in [5.41, 5.74) is 0.354. The fourth-order valence-corrected chi connectivity index (χ4v) is 5.09. The topological polar surface area (TPSA) is 98.7 Å². The second-order valence-corrected chi connectivity index (χ2v) is 8.11. The van der Waals surface area contributed by atoms with Gasteiger partial charge in [0.05, 0.1) is 24.5 Å². The van der Waals surface area contributed by atoms with Gasteiger partial charge in [0.15, 0.2) is 0 Å². The van der Waals surface area contributed by atoms with Crippen molar-refractivity contribution in [2.75, 3.05) is 5.32 Å². The molecule has 3 heterocycles. The first-order valence-electron chi connectivity index (χ1n) is 9.81. The number of anilines is 1. The highest BCUT2D eigenvalue weighted by Crippen LogP contribution is 2.53. The maximum absolute atomic E-state index is 13.5. The number of carbonyl (C=O) groups excluding carboxylic acids is 3. The molecular weight excluding hydrogens is 389 g/mol. The first-order chi connectivity index (χ1) is 14.3. The Balaban J connectivity index is 1.59. The summed E-state index contributed by atoms with van der Waals surface area (Å²) in [5.74, 6) is -3.60. The summed E-state index contributed by atoms with van der Waals surface area (Å²) in [4.78, 5) is 41.0. The summed E-state index contributed by atoms with van der Waals surface area (Å²) in [7, 11) is 0. The lowest BCUT2D eigenvalue weighted by atomic mass is 9.76. The molecule has 5 rings (SSSR count). The van der Waals surface area contributed by atoms with E-state index in [4.69, 9.17) is 0 Å². The van der Waals surface area contributed by atoms with E-state index in [1.807, 2.05) is 0 Å².